The Hall–Kier alpha value is -0.690. The third kappa shape index (κ3) is 5.01. The lowest BCUT2D eigenvalue weighted by Crippen LogP contribution is -2.27. The summed E-state index contributed by atoms with van der Waals surface area (Å²) in [6.45, 7) is 7.35. The maximum Gasteiger partial charge on any atom is 0.185 e. The summed E-state index contributed by atoms with van der Waals surface area (Å²) in [7, 11) is 5.52. The molecule has 1 heterocycles. The van der Waals surface area contributed by atoms with Crippen LogP contribution in [0.2, 0.25) is 0 Å². The molecule has 5 nitrogen and oxygen atoms in total. The van der Waals surface area contributed by atoms with Gasteiger partial charge < -0.3 is 19.7 Å². The molecule has 0 radical (unpaired) electrons. The van der Waals surface area contributed by atoms with Gasteiger partial charge in [-0.3, -0.25) is 0 Å². The molecule has 1 N–H and O–H groups in total. The minimum atomic E-state index is 0.492. The van der Waals surface area contributed by atoms with Gasteiger partial charge in [0.1, 0.15) is 0 Å². The predicted octanol–water partition coefficient (Wildman–Crippen LogP) is 2.26. The first-order valence-corrected chi connectivity index (χ1v) is 7.85. The molecule has 0 aromatic carbocycles. The van der Waals surface area contributed by atoms with Gasteiger partial charge in [0.25, 0.3) is 0 Å². The molecule has 6 heteroatoms. The van der Waals surface area contributed by atoms with Crippen LogP contribution < -0.4 is 10.2 Å². The molecule has 0 aliphatic carbocycles. The smallest absolute Gasteiger partial charge is 0.185 e. The number of anilines is 1. The second kappa shape index (κ2) is 9.28. The molecular formula is C14H27N3O2S. The van der Waals surface area contributed by atoms with Gasteiger partial charge in [-0.05, 0) is 13.3 Å². The Morgan fingerprint density at radius 3 is 2.70 bits per heavy atom. The normalized spacial score (nSPS) is 12.7. The highest BCUT2D eigenvalue weighted by atomic mass is 32.1. The highest BCUT2D eigenvalue weighted by molar-refractivity contribution is 7.15. The summed E-state index contributed by atoms with van der Waals surface area (Å²) in [5.41, 5.74) is 1.03. The molecule has 0 amide bonds. The number of hydrogen-bond donors (Lipinski definition) is 1. The lowest BCUT2D eigenvalue weighted by Gasteiger charge is -2.22. The first-order chi connectivity index (χ1) is 9.63. The molecule has 116 valence electrons. The van der Waals surface area contributed by atoms with Crippen LogP contribution in [0.15, 0.2) is 0 Å². The van der Waals surface area contributed by atoms with E-state index in [1.165, 1.54) is 4.88 Å². The number of hydrogen-bond acceptors (Lipinski definition) is 6. The van der Waals surface area contributed by atoms with Gasteiger partial charge in [-0.15, -0.1) is 11.3 Å². The summed E-state index contributed by atoms with van der Waals surface area (Å²) in [6, 6.07) is 0.492. The van der Waals surface area contributed by atoms with Gasteiger partial charge in [-0.1, -0.05) is 6.92 Å². The predicted molar refractivity (Wildman–Crippen MR) is 84.6 cm³/mol. The van der Waals surface area contributed by atoms with Crippen molar-refractivity contribution in [1.29, 1.82) is 0 Å². The number of methoxy groups -OCH3 is 2. The Labute approximate surface area is 126 Å². The molecule has 1 rings (SSSR count). The lowest BCUT2D eigenvalue weighted by atomic mass is 10.2. The molecule has 1 aromatic rings. The monoisotopic (exact) mass is 301 g/mol. The molecule has 1 aromatic heterocycles. The van der Waals surface area contributed by atoms with E-state index in [0.29, 0.717) is 12.6 Å². The Morgan fingerprint density at radius 1 is 1.35 bits per heavy atom. The van der Waals surface area contributed by atoms with E-state index in [1.807, 2.05) is 0 Å². The van der Waals surface area contributed by atoms with Crippen LogP contribution in [0.1, 0.15) is 30.8 Å². The van der Waals surface area contributed by atoms with E-state index in [1.54, 1.807) is 25.6 Å². The van der Waals surface area contributed by atoms with E-state index < -0.39 is 0 Å². The number of ether oxygens (including phenoxy) is 2. The Bertz CT molecular complexity index is 384. The maximum absolute atomic E-state index is 5.25. The van der Waals surface area contributed by atoms with Crippen molar-refractivity contribution in [1.82, 2.24) is 10.3 Å². The minimum Gasteiger partial charge on any atom is -0.383 e. The summed E-state index contributed by atoms with van der Waals surface area (Å²) in [5.74, 6) is 0. The first-order valence-electron chi connectivity index (χ1n) is 7.04. The van der Waals surface area contributed by atoms with Gasteiger partial charge in [0.2, 0.25) is 0 Å². The molecule has 0 spiro atoms. The van der Waals surface area contributed by atoms with Gasteiger partial charge in [-0.2, -0.15) is 0 Å². The molecule has 0 fully saturated rings. The van der Waals surface area contributed by atoms with Crippen LogP contribution in [0.4, 0.5) is 5.13 Å². The lowest BCUT2D eigenvalue weighted by molar-refractivity contribution is 0.181. The van der Waals surface area contributed by atoms with Gasteiger partial charge in [0, 0.05) is 45.3 Å². The summed E-state index contributed by atoms with van der Waals surface area (Å²) in [5, 5.41) is 4.43. The van der Waals surface area contributed by atoms with E-state index in [4.69, 9.17) is 14.5 Å². The highest BCUT2D eigenvalue weighted by Gasteiger charge is 2.16. The van der Waals surface area contributed by atoms with Crippen molar-refractivity contribution in [3.05, 3.63) is 10.6 Å². The van der Waals surface area contributed by atoms with Crippen molar-refractivity contribution < 1.29 is 9.47 Å². The third-order valence-corrected chi connectivity index (χ3v) is 4.56. The zero-order chi connectivity index (χ0) is 15.0. The van der Waals surface area contributed by atoms with Crippen molar-refractivity contribution in [2.45, 2.75) is 39.5 Å². The molecule has 1 unspecified atom stereocenters. The van der Waals surface area contributed by atoms with Crippen LogP contribution in [0, 0.1) is 0 Å². The number of thiazole rings is 1. The fourth-order valence-electron chi connectivity index (χ4n) is 1.75. The quantitative estimate of drug-likeness (QED) is 0.672. The SMILES string of the molecule is CCC(C)N(C)c1nc(COC)c(CNCCOC)s1. The number of aromatic nitrogens is 1. The van der Waals surface area contributed by atoms with Gasteiger partial charge in [-0.25, -0.2) is 4.98 Å². The summed E-state index contributed by atoms with van der Waals surface area (Å²) >= 11 is 1.74. The molecule has 0 aliphatic heterocycles. The van der Waals surface area contributed by atoms with Crippen LogP contribution in [-0.2, 0) is 22.6 Å². The second-order valence-electron chi connectivity index (χ2n) is 4.84. The molecule has 0 saturated heterocycles. The van der Waals surface area contributed by atoms with Crippen molar-refractivity contribution in [2.24, 2.45) is 0 Å². The zero-order valence-electron chi connectivity index (χ0n) is 13.2. The maximum atomic E-state index is 5.25. The van der Waals surface area contributed by atoms with Crippen molar-refractivity contribution >= 4 is 16.5 Å². The molecule has 0 aliphatic rings. The van der Waals surface area contributed by atoms with E-state index in [9.17, 15) is 0 Å². The Morgan fingerprint density at radius 2 is 2.10 bits per heavy atom. The van der Waals surface area contributed by atoms with E-state index in [-0.39, 0.29) is 0 Å². The molecule has 0 bridgehead atoms. The van der Waals surface area contributed by atoms with Gasteiger partial charge >= 0.3 is 0 Å². The van der Waals surface area contributed by atoms with Crippen LogP contribution in [0.3, 0.4) is 0 Å². The van der Waals surface area contributed by atoms with Crippen LogP contribution in [0.5, 0.6) is 0 Å². The van der Waals surface area contributed by atoms with Gasteiger partial charge in [0.15, 0.2) is 5.13 Å². The molecule has 20 heavy (non-hydrogen) atoms. The van der Waals surface area contributed by atoms with Crippen molar-refractivity contribution in [2.75, 3.05) is 39.3 Å². The number of nitrogens with one attached hydrogen (secondary N) is 1. The fraction of sp³-hybridized carbons (Fsp3) is 0.786. The van der Waals surface area contributed by atoms with E-state index in [2.05, 4.69) is 31.1 Å². The Balaban J connectivity index is 2.73. The molecule has 1 atom stereocenters. The topological polar surface area (TPSA) is 46.6 Å². The third-order valence-electron chi connectivity index (χ3n) is 3.37. The summed E-state index contributed by atoms with van der Waals surface area (Å²) in [4.78, 5) is 8.20. The largest absolute Gasteiger partial charge is 0.383 e. The van der Waals surface area contributed by atoms with E-state index in [0.717, 1.165) is 36.9 Å². The zero-order valence-corrected chi connectivity index (χ0v) is 14.0. The fourth-order valence-corrected chi connectivity index (χ4v) is 2.84. The van der Waals surface area contributed by atoms with Crippen LogP contribution in [-0.4, -0.2) is 45.4 Å². The first kappa shape index (κ1) is 17.4. The summed E-state index contributed by atoms with van der Waals surface area (Å²) in [6.07, 6.45) is 1.11. The van der Waals surface area contributed by atoms with E-state index >= 15 is 0 Å². The minimum absolute atomic E-state index is 0.492. The Kier molecular flexibility index (Phi) is 8.06. The van der Waals surface area contributed by atoms with Crippen molar-refractivity contribution in [3.8, 4) is 0 Å². The number of rotatable bonds is 10. The highest BCUT2D eigenvalue weighted by Crippen LogP contribution is 2.27. The second-order valence-corrected chi connectivity index (χ2v) is 5.90. The standard InChI is InChI=1S/C14H27N3O2S/c1-6-11(2)17(3)14-16-12(10-19-5)13(20-14)9-15-7-8-18-4/h11,15H,6-10H2,1-5H3. The van der Waals surface area contributed by atoms with Crippen molar-refractivity contribution in [3.63, 3.8) is 0 Å². The average molecular weight is 301 g/mol. The summed E-state index contributed by atoms with van der Waals surface area (Å²) < 4.78 is 10.3. The van der Waals surface area contributed by atoms with Crippen LogP contribution >= 0.6 is 11.3 Å². The van der Waals surface area contributed by atoms with Crippen LogP contribution in [0.25, 0.3) is 0 Å². The molecule has 0 saturated carbocycles. The number of nitrogens with zero attached hydrogens (tertiary/aromatic N) is 2. The van der Waals surface area contributed by atoms with Gasteiger partial charge in [0.05, 0.1) is 18.9 Å². The average Bonchev–Trinajstić information content (AvgIpc) is 2.85. The molecular weight excluding hydrogens is 274 g/mol.